The summed E-state index contributed by atoms with van der Waals surface area (Å²) in [6.07, 6.45) is 1.23. The van der Waals surface area contributed by atoms with Crippen molar-refractivity contribution >= 4 is 17.7 Å². The minimum absolute atomic E-state index is 0.151. The number of rotatable bonds is 8. The molecule has 0 spiro atoms. The highest BCUT2D eigenvalue weighted by molar-refractivity contribution is 5.91. The summed E-state index contributed by atoms with van der Waals surface area (Å²) in [4.78, 5) is 37.4. The standard InChI is InChI=1S/C25H27N3O6/c1-4-34-22(30)15-20(26-25(32)27-23-21(29)10-11-28(2)24(23)31)18-12-17(13-19(14-18)33-3)16-8-6-5-7-9-16/h5-14,20,29H,4,15H2,1-3H3,(H2,26,27,32). The minimum Gasteiger partial charge on any atom is -0.505 e. The van der Waals surface area contributed by atoms with Crippen molar-refractivity contribution in [3.8, 4) is 22.6 Å². The number of ether oxygens (including phenoxy) is 2. The van der Waals surface area contributed by atoms with Crippen molar-refractivity contribution in [2.24, 2.45) is 7.05 Å². The number of aromatic hydroxyl groups is 1. The third-order valence-electron chi connectivity index (χ3n) is 5.14. The first kappa shape index (κ1) is 24.4. The van der Waals surface area contributed by atoms with Crippen LogP contribution in [0.2, 0.25) is 0 Å². The highest BCUT2D eigenvalue weighted by Gasteiger charge is 2.22. The van der Waals surface area contributed by atoms with Gasteiger partial charge in [0.15, 0.2) is 5.69 Å². The normalized spacial score (nSPS) is 11.4. The SMILES string of the molecule is CCOC(=O)CC(NC(=O)Nc1c(O)ccn(C)c1=O)c1cc(OC)cc(-c2ccccc2)c1. The molecule has 9 heteroatoms. The number of benzene rings is 2. The van der Waals surface area contributed by atoms with Crippen LogP contribution in [0.3, 0.4) is 0 Å². The number of amides is 2. The predicted molar refractivity (Wildman–Crippen MR) is 128 cm³/mol. The number of nitrogens with one attached hydrogen (secondary N) is 2. The Hall–Kier alpha value is -4.27. The van der Waals surface area contributed by atoms with Gasteiger partial charge in [-0.3, -0.25) is 9.59 Å². The lowest BCUT2D eigenvalue weighted by atomic mass is 9.97. The second-order valence-corrected chi connectivity index (χ2v) is 7.51. The zero-order chi connectivity index (χ0) is 24.7. The van der Waals surface area contributed by atoms with E-state index in [2.05, 4.69) is 10.6 Å². The third-order valence-corrected chi connectivity index (χ3v) is 5.14. The number of carbonyl (C=O) groups excluding carboxylic acids is 2. The molecule has 0 aliphatic heterocycles. The lowest BCUT2D eigenvalue weighted by Crippen LogP contribution is -2.36. The highest BCUT2D eigenvalue weighted by atomic mass is 16.5. The molecule has 1 unspecified atom stereocenters. The van der Waals surface area contributed by atoms with Gasteiger partial charge in [0.2, 0.25) is 0 Å². The molecule has 0 bridgehead atoms. The molecule has 0 radical (unpaired) electrons. The monoisotopic (exact) mass is 465 g/mol. The molecule has 1 atom stereocenters. The molecule has 2 aromatic carbocycles. The average molecular weight is 466 g/mol. The maximum atomic E-state index is 12.8. The van der Waals surface area contributed by atoms with Gasteiger partial charge in [-0.2, -0.15) is 0 Å². The van der Waals surface area contributed by atoms with Crippen molar-refractivity contribution in [2.45, 2.75) is 19.4 Å². The molecular weight excluding hydrogens is 438 g/mol. The summed E-state index contributed by atoms with van der Waals surface area (Å²) >= 11 is 0. The van der Waals surface area contributed by atoms with Crippen molar-refractivity contribution in [2.75, 3.05) is 19.0 Å². The van der Waals surface area contributed by atoms with Gasteiger partial charge in [-0.05, 0) is 47.9 Å². The smallest absolute Gasteiger partial charge is 0.319 e. The van der Waals surface area contributed by atoms with E-state index >= 15 is 0 Å². The molecule has 1 heterocycles. The van der Waals surface area contributed by atoms with E-state index in [9.17, 15) is 19.5 Å². The van der Waals surface area contributed by atoms with Crippen LogP contribution < -0.4 is 20.9 Å². The van der Waals surface area contributed by atoms with Gasteiger partial charge in [0.25, 0.3) is 5.56 Å². The Bertz CT molecular complexity index is 1220. The quantitative estimate of drug-likeness (QED) is 0.438. The summed E-state index contributed by atoms with van der Waals surface area (Å²) in [6.45, 7) is 1.89. The van der Waals surface area contributed by atoms with Crippen LogP contribution in [0.15, 0.2) is 65.6 Å². The number of urea groups is 1. The zero-order valence-corrected chi connectivity index (χ0v) is 19.2. The number of hydrogen-bond donors (Lipinski definition) is 3. The summed E-state index contributed by atoms with van der Waals surface area (Å²) in [7, 11) is 3.03. The Kier molecular flexibility index (Phi) is 7.92. The zero-order valence-electron chi connectivity index (χ0n) is 19.2. The summed E-state index contributed by atoms with van der Waals surface area (Å²) < 4.78 is 11.7. The fourth-order valence-electron chi connectivity index (χ4n) is 3.42. The molecule has 3 aromatic rings. The Morgan fingerprint density at radius 3 is 2.50 bits per heavy atom. The number of aromatic nitrogens is 1. The van der Waals surface area contributed by atoms with Crippen molar-refractivity contribution in [3.05, 3.63) is 76.7 Å². The van der Waals surface area contributed by atoms with Gasteiger partial charge in [0.1, 0.15) is 11.5 Å². The molecule has 0 saturated heterocycles. The third kappa shape index (κ3) is 5.94. The minimum atomic E-state index is -0.800. The van der Waals surface area contributed by atoms with Gasteiger partial charge in [-0.25, -0.2) is 4.79 Å². The number of hydrogen-bond acceptors (Lipinski definition) is 6. The van der Waals surface area contributed by atoms with Crippen LogP contribution in [-0.2, 0) is 16.6 Å². The first-order valence-corrected chi connectivity index (χ1v) is 10.7. The van der Waals surface area contributed by atoms with Gasteiger partial charge in [0, 0.05) is 13.2 Å². The van der Waals surface area contributed by atoms with E-state index < -0.39 is 23.6 Å². The maximum Gasteiger partial charge on any atom is 0.319 e. The van der Waals surface area contributed by atoms with Crippen LogP contribution in [0.5, 0.6) is 11.5 Å². The van der Waals surface area contributed by atoms with Crippen LogP contribution in [0, 0.1) is 0 Å². The molecule has 178 valence electrons. The van der Waals surface area contributed by atoms with Crippen molar-refractivity contribution < 1.29 is 24.2 Å². The van der Waals surface area contributed by atoms with E-state index in [1.165, 1.54) is 31.0 Å². The number of esters is 1. The van der Waals surface area contributed by atoms with Crippen LogP contribution in [0.1, 0.15) is 24.9 Å². The molecule has 0 saturated carbocycles. The highest BCUT2D eigenvalue weighted by Crippen LogP contribution is 2.30. The topological polar surface area (TPSA) is 119 Å². The number of aryl methyl sites for hydroxylation is 1. The van der Waals surface area contributed by atoms with Gasteiger partial charge < -0.3 is 29.8 Å². The van der Waals surface area contributed by atoms with E-state index in [4.69, 9.17) is 9.47 Å². The molecule has 1 aromatic heterocycles. The Labute approximate surface area is 197 Å². The van der Waals surface area contributed by atoms with E-state index in [0.29, 0.717) is 11.3 Å². The Balaban J connectivity index is 1.95. The second kappa shape index (κ2) is 11.0. The molecule has 34 heavy (non-hydrogen) atoms. The lowest BCUT2D eigenvalue weighted by Gasteiger charge is -2.21. The largest absolute Gasteiger partial charge is 0.505 e. The van der Waals surface area contributed by atoms with Crippen LogP contribution in [0.25, 0.3) is 11.1 Å². The van der Waals surface area contributed by atoms with E-state index in [-0.39, 0.29) is 24.5 Å². The second-order valence-electron chi connectivity index (χ2n) is 7.51. The van der Waals surface area contributed by atoms with Gasteiger partial charge >= 0.3 is 12.0 Å². The van der Waals surface area contributed by atoms with E-state index in [1.807, 2.05) is 42.5 Å². The summed E-state index contributed by atoms with van der Waals surface area (Å²) in [5, 5.41) is 15.1. The fraction of sp³-hybridized carbons (Fsp3) is 0.240. The van der Waals surface area contributed by atoms with E-state index in [1.54, 1.807) is 13.0 Å². The number of nitrogens with zero attached hydrogens (tertiary/aromatic N) is 1. The maximum absolute atomic E-state index is 12.8. The van der Waals surface area contributed by atoms with Crippen LogP contribution in [0.4, 0.5) is 10.5 Å². The summed E-state index contributed by atoms with van der Waals surface area (Å²) in [6, 6.07) is 14.7. The van der Waals surface area contributed by atoms with Crippen molar-refractivity contribution in [1.82, 2.24) is 9.88 Å². The average Bonchev–Trinajstić information content (AvgIpc) is 2.84. The molecule has 0 aliphatic rings. The summed E-state index contributed by atoms with van der Waals surface area (Å²) in [5.41, 5.74) is 1.52. The first-order chi connectivity index (χ1) is 16.3. The van der Waals surface area contributed by atoms with Crippen molar-refractivity contribution in [3.63, 3.8) is 0 Å². The number of anilines is 1. The lowest BCUT2D eigenvalue weighted by molar-refractivity contribution is -0.143. The van der Waals surface area contributed by atoms with Gasteiger partial charge in [-0.1, -0.05) is 30.3 Å². The molecule has 3 rings (SSSR count). The Morgan fingerprint density at radius 1 is 1.09 bits per heavy atom. The molecular formula is C25H27N3O6. The summed E-state index contributed by atoms with van der Waals surface area (Å²) in [5.74, 6) is -0.328. The fourth-order valence-corrected chi connectivity index (χ4v) is 3.42. The van der Waals surface area contributed by atoms with Crippen molar-refractivity contribution in [1.29, 1.82) is 0 Å². The number of pyridine rings is 1. The predicted octanol–water partition coefficient (Wildman–Crippen LogP) is 3.58. The van der Waals surface area contributed by atoms with Crippen LogP contribution >= 0.6 is 0 Å². The molecule has 3 N–H and O–H groups in total. The molecule has 0 fully saturated rings. The van der Waals surface area contributed by atoms with Gasteiger partial charge in [-0.15, -0.1) is 0 Å². The number of methoxy groups -OCH3 is 1. The number of carbonyl (C=O) groups is 2. The molecule has 2 amide bonds. The van der Waals surface area contributed by atoms with Crippen LogP contribution in [-0.4, -0.2) is 35.4 Å². The van der Waals surface area contributed by atoms with E-state index in [0.717, 1.165) is 11.1 Å². The molecule has 0 aliphatic carbocycles. The molecule has 9 nitrogen and oxygen atoms in total. The first-order valence-electron chi connectivity index (χ1n) is 10.7. The van der Waals surface area contributed by atoms with Gasteiger partial charge in [0.05, 0.1) is 26.2 Å². The Morgan fingerprint density at radius 2 is 1.82 bits per heavy atom.